The zero-order valence-corrected chi connectivity index (χ0v) is 22.4. The molecule has 0 saturated carbocycles. The van der Waals surface area contributed by atoms with Crippen molar-refractivity contribution in [2.75, 3.05) is 12.5 Å². The third-order valence-corrected chi connectivity index (χ3v) is 5.88. The lowest BCUT2D eigenvalue weighted by molar-refractivity contribution is 0.419. The van der Waals surface area contributed by atoms with Gasteiger partial charge in [0.2, 0.25) is 35.4 Å². The molecule has 0 saturated heterocycles. The molecular formula is C26H18F2N6O4S2. The first-order valence-corrected chi connectivity index (χ1v) is 13.8. The Bertz CT molecular complexity index is 1530. The Labute approximate surface area is 235 Å². The van der Waals surface area contributed by atoms with Gasteiger partial charge in [0.25, 0.3) is 0 Å². The molecule has 5 rings (SSSR count). The van der Waals surface area contributed by atoms with E-state index in [0.717, 1.165) is 12.1 Å². The monoisotopic (exact) mass is 580 g/mol. The fourth-order valence-corrected chi connectivity index (χ4v) is 3.88. The lowest BCUT2D eigenvalue weighted by atomic mass is 10.3. The Morgan fingerprint density at radius 1 is 0.525 bits per heavy atom. The van der Waals surface area contributed by atoms with E-state index in [0.29, 0.717) is 23.0 Å². The lowest BCUT2D eigenvalue weighted by Crippen LogP contribution is -1.96. The van der Waals surface area contributed by atoms with Gasteiger partial charge in [-0.3, -0.25) is 0 Å². The second-order valence-corrected chi connectivity index (χ2v) is 9.13. The molecule has 0 N–H and O–H groups in total. The van der Waals surface area contributed by atoms with E-state index in [-0.39, 0.29) is 33.8 Å². The van der Waals surface area contributed by atoms with Crippen LogP contribution in [0.3, 0.4) is 0 Å². The number of benzene rings is 2. The third kappa shape index (κ3) is 7.30. The summed E-state index contributed by atoms with van der Waals surface area (Å²) in [5.74, 6) is 0.691. The fraction of sp³-hybridized carbons (Fsp3) is 0.0769. The smallest absolute Gasteiger partial charge is 0.226 e. The van der Waals surface area contributed by atoms with Crippen LogP contribution in [0.2, 0.25) is 0 Å². The molecule has 0 spiro atoms. The van der Waals surface area contributed by atoms with Crippen molar-refractivity contribution in [2.45, 2.75) is 10.3 Å². The van der Waals surface area contributed by atoms with Crippen LogP contribution in [0, 0.1) is 11.9 Å². The van der Waals surface area contributed by atoms with Gasteiger partial charge in [-0.2, -0.15) is 28.7 Å². The predicted molar refractivity (Wildman–Crippen MR) is 143 cm³/mol. The number of thioether (sulfide) groups is 2. The van der Waals surface area contributed by atoms with Gasteiger partial charge in [0.1, 0.15) is 29.3 Å². The van der Waals surface area contributed by atoms with Gasteiger partial charge in [-0.1, -0.05) is 35.7 Å². The molecule has 3 aromatic heterocycles. The van der Waals surface area contributed by atoms with Crippen LogP contribution in [0.25, 0.3) is 0 Å². The summed E-state index contributed by atoms with van der Waals surface area (Å²) in [4.78, 5) is 23.8. The van der Waals surface area contributed by atoms with Crippen molar-refractivity contribution in [2.24, 2.45) is 0 Å². The van der Waals surface area contributed by atoms with Crippen molar-refractivity contribution >= 4 is 23.5 Å². The summed E-state index contributed by atoms with van der Waals surface area (Å²) in [6.45, 7) is 0. The molecule has 14 heteroatoms. The number of ether oxygens (including phenoxy) is 4. The summed E-state index contributed by atoms with van der Waals surface area (Å²) in [6, 6.07) is 17.0. The van der Waals surface area contributed by atoms with E-state index in [2.05, 4.69) is 29.9 Å². The van der Waals surface area contributed by atoms with Crippen LogP contribution in [-0.2, 0) is 0 Å². The van der Waals surface area contributed by atoms with Crippen LogP contribution in [0.15, 0.2) is 83.4 Å². The summed E-state index contributed by atoms with van der Waals surface area (Å²) in [6.07, 6.45) is 4.76. The molecule has 40 heavy (non-hydrogen) atoms. The minimum Gasteiger partial charge on any atom is -0.439 e. The van der Waals surface area contributed by atoms with Gasteiger partial charge < -0.3 is 18.9 Å². The molecule has 2 aromatic carbocycles. The summed E-state index contributed by atoms with van der Waals surface area (Å²) >= 11 is 2.40. The molecule has 0 aliphatic carbocycles. The van der Waals surface area contributed by atoms with E-state index in [9.17, 15) is 8.78 Å². The summed E-state index contributed by atoms with van der Waals surface area (Å²) in [5, 5.41) is 0.501. The average Bonchev–Trinajstić information content (AvgIpc) is 2.93. The Morgan fingerprint density at radius 3 is 1.32 bits per heavy atom. The van der Waals surface area contributed by atoms with Gasteiger partial charge in [-0.25, -0.2) is 9.97 Å². The van der Waals surface area contributed by atoms with Gasteiger partial charge >= 0.3 is 0 Å². The van der Waals surface area contributed by atoms with E-state index in [1.807, 2.05) is 0 Å². The number of hydrogen-bond acceptors (Lipinski definition) is 12. The van der Waals surface area contributed by atoms with E-state index in [1.54, 1.807) is 61.0 Å². The SMILES string of the molecule is CSc1nc(F)cc(Oc2cccc(Oc3cc(Oc4cccc(Oc5cc(F)nc(SC)n5)c4)ncn3)c2)n1. The zero-order chi connectivity index (χ0) is 27.9. The molecule has 0 aliphatic rings. The van der Waals surface area contributed by atoms with Gasteiger partial charge in [-0.15, -0.1) is 0 Å². The van der Waals surface area contributed by atoms with Crippen molar-refractivity contribution in [1.82, 2.24) is 29.9 Å². The Morgan fingerprint density at radius 2 is 0.925 bits per heavy atom. The van der Waals surface area contributed by atoms with Gasteiger partial charge in [-0.05, 0) is 36.8 Å². The van der Waals surface area contributed by atoms with Crippen LogP contribution in [0.4, 0.5) is 8.78 Å². The zero-order valence-electron chi connectivity index (χ0n) is 20.8. The van der Waals surface area contributed by atoms with Crippen molar-refractivity contribution in [3.05, 3.63) is 85.0 Å². The molecule has 0 fully saturated rings. The van der Waals surface area contributed by atoms with Crippen molar-refractivity contribution in [3.8, 4) is 46.5 Å². The maximum atomic E-state index is 13.7. The van der Waals surface area contributed by atoms with Crippen LogP contribution in [0.5, 0.6) is 46.5 Å². The van der Waals surface area contributed by atoms with Crippen molar-refractivity contribution in [1.29, 1.82) is 0 Å². The normalized spacial score (nSPS) is 10.7. The van der Waals surface area contributed by atoms with Gasteiger partial charge in [0, 0.05) is 12.1 Å². The second-order valence-electron chi connectivity index (χ2n) is 7.58. The van der Waals surface area contributed by atoms with Crippen LogP contribution >= 0.6 is 23.5 Å². The highest BCUT2D eigenvalue weighted by atomic mass is 32.2. The van der Waals surface area contributed by atoms with E-state index < -0.39 is 11.9 Å². The molecular weight excluding hydrogens is 562 g/mol. The predicted octanol–water partition coefficient (Wildman–Crippen LogP) is 6.95. The van der Waals surface area contributed by atoms with Crippen LogP contribution < -0.4 is 18.9 Å². The maximum absolute atomic E-state index is 13.7. The average molecular weight is 581 g/mol. The van der Waals surface area contributed by atoms with E-state index >= 15 is 0 Å². The van der Waals surface area contributed by atoms with Crippen molar-refractivity contribution in [3.63, 3.8) is 0 Å². The topological polar surface area (TPSA) is 114 Å². The van der Waals surface area contributed by atoms with Gasteiger partial charge in [0.15, 0.2) is 10.3 Å². The number of aromatic nitrogens is 6. The highest BCUT2D eigenvalue weighted by molar-refractivity contribution is 7.98. The minimum absolute atomic E-state index is 0.0625. The molecule has 0 unspecified atom stereocenters. The standard InChI is InChI=1S/C26H18F2N6O4S2/c1-39-25-31-19(27)11-23(33-25)37-17-7-3-5-15(9-17)35-21-13-22(30-14-29-21)36-16-6-4-8-18(10-16)38-24-12-20(28)32-26(34-24)40-2/h3-14H,1-2H3. The minimum atomic E-state index is -0.694. The summed E-state index contributed by atoms with van der Waals surface area (Å²) < 4.78 is 50.5. The highest BCUT2D eigenvalue weighted by Crippen LogP contribution is 2.31. The first-order chi connectivity index (χ1) is 19.4. The third-order valence-electron chi connectivity index (χ3n) is 4.78. The van der Waals surface area contributed by atoms with Crippen molar-refractivity contribution < 1.29 is 27.7 Å². The van der Waals surface area contributed by atoms with Crippen LogP contribution in [0.1, 0.15) is 0 Å². The molecule has 0 atom stereocenters. The number of halogens is 2. The fourth-order valence-electron chi connectivity index (χ4n) is 3.16. The quantitative estimate of drug-likeness (QED) is 0.0967. The first kappa shape index (κ1) is 27.0. The maximum Gasteiger partial charge on any atom is 0.226 e. The molecule has 0 amide bonds. The molecule has 5 aromatic rings. The molecule has 0 aliphatic heterocycles. The molecule has 10 nitrogen and oxygen atoms in total. The Kier molecular flexibility index (Phi) is 8.47. The number of rotatable bonds is 10. The molecule has 0 radical (unpaired) electrons. The van der Waals surface area contributed by atoms with Crippen LogP contribution in [-0.4, -0.2) is 42.4 Å². The number of hydrogen-bond donors (Lipinski definition) is 0. The van der Waals surface area contributed by atoms with E-state index in [1.165, 1.54) is 35.9 Å². The summed E-state index contributed by atoms with van der Waals surface area (Å²) in [7, 11) is 0. The van der Waals surface area contributed by atoms with E-state index in [4.69, 9.17) is 18.9 Å². The van der Waals surface area contributed by atoms with Gasteiger partial charge in [0.05, 0.1) is 18.2 Å². The summed E-state index contributed by atoms with van der Waals surface area (Å²) in [5.41, 5.74) is 0. The first-order valence-electron chi connectivity index (χ1n) is 11.4. The molecule has 202 valence electrons. The molecule has 3 heterocycles. The Hall–Kier alpha value is -4.56. The largest absolute Gasteiger partial charge is 0.439 e. The Balaban J connectivity index is 1.26. The number of nitrogens with zero attached hydrogens (tertiary/aromatic N) is 6. The molecule has 0 bridgehead atoms. The second kappa shape index (κ2) is 12.5. The highest BCUT2D eigenvalue weighted by Gasteiger charge is 2.10. The lowest BCUT2D eigenvalue weighted by Gasteiger charge is -2.10.